The molecule has 0 bridgehead atoms. The summed E-state index contributed by atoms with van der Waals surface area (Å²) in [4.78, 5) is 26.2. The number of para-hydroxylation sites is 1. The number of carbonyl (C=O) groups is 2. The van der Waals surface area contributed by atoms with Gasteiger partial charge in [-0.05, 0) is 73.8 Å². The van der Waals surface area contributed by atoms with Gasteiger partial charge < -0.3 is 10.1 Å². The van der Waals surface area contributed by atoms with E-state index in [0.29, 0.717) is 37.6 Å². The molecule has 0 unspecified atom stereocenters. The number of imide groups is 1. The van der Waals surface area contributed by atoms with Crippen LogP contribution in [0.4, 0.5) is 10.5 Å². The maximum atomic E-state index is 12.8. The molecule has 3 aromatic carbocycles. The van der Waals surface area contributed by atoms with Gasteiger partial charge >= 0.3 is 6.03 Å². The lowest BCUT2D eigenvalue weighted by Gasteiger charge is -2.12. The summed E-state index contributed by atoms with van der Waals surface area (Å²) in [5.41, 5.74) is 2.29. The van der Waals surface area contributed by atoms with Crippen LogP contribution in [0.15, 0.2) is 81.4 Å². The molecule has 1 saturated heterocycles. The van der Waals surface area contributed by atoms with Gasteiger partial charge in [0.2, 0.25) is 0 Å². The van der Waals surface area contributed by atoms with Gasteiger partial charge in [-0.1, -0.05) is 48.0 Å². The van der Waals surface area contributed by atoms with Crippen molar-refractivity contribution in [3.63, 3.8) is 0 Å². The van der Waals surface area contributed by atoms with E-state index in [1.54, 1.807) is 30.3 Å². The van der Waals surface area contributed by atoms with Gasteiger partial charge in [-0.2, -0.15) is 0 Å². The summed E-state index contributed by atoms with van der Waals surface area (Å²) < 4.78 is 7.31. The number of nitrogens with zero attached hydrogens (tertiary/aromatic N) is 1. The molecule has 0 aliphatic carbocycles. The standard InChI is InChI=1S/C23H15Br2ClN2O3/c24-17-10-14(11-18(25)21(17)31-13-15-6-4-5-9-19(15)26)12-20-22(29)28(23(30)27-20)16-7-2-1-3-8-16/h1-12H,13H2,(H,27,30)/b20-12+. The fraction of sp³-hybridized carbons (Fsp3) is 0.0435. The summed E-state index contributed by atoms with van der Waals surface area (Å²) >= 11 is 13.2. The Hall–Kier alpha value is -2.61. The van der Waals surface area contributed by atoms with E-state index in [2.05, 4.69) is 37.2 Å². The molecule has 0 saturated carbocycles. The van der Waals surface area contributed by atoms with E-state index in [1.807, 2.05) is 42.5 Å². The first kappa shape index (κ1) is 21.6. The van der Waals surface area contributed by atoms with Gasteiger partial charge in [0.05, 0.1) is 14.6 Å². The molecule has 8 heteroatoms. The number of anilines is 1. The molecular formula is C23H15Br2ClN2O3. The second kappa shape index (κ2) is 9.26. The number of amides is 3. The van der Waals surface area contributed by atoms with Crippen LogP contribution in [0.1, 0.15) is 11.1 Å². The zero-order valence-corrected chi connectivity index (χ0v) is 19.9. The predicted molar refractivity (Wildman–Crippen MR) is 128 cm³/mol. The Labute approximate surface area is 200 Å². The number of hydrogen-bond donors (Lipinski definition) is 1. The van der Waals surface area contributed by atoms with Gasteiger partial charge in [0.15, 0.2) is 0 Å². The smallest absolute Gasteiger partial charge is 0.333 e. The molecule has 1 aliphatic rings. The van der Waals surface area contributed by atoms with Crippen molar-refractivity contribution >= 4 is 67.2 Å². The molecule has 3 aromatic rings. The number of nitrogens with one attached hydrogen (secondary N) is 1. The molecule has 3 amide bonds. The zero-order chi connectivity index (χ0) is 22.0. The number of rotatable bonds is 5. The Bertz CT molecular complexity index is 1180. The zero-order valence-electron chi connectivity index (χ0n) is 15.9. The van der Waals surface area contributed by atoms with Crippen molar-refractivity contribution in [2.45, 2.75) is 6.61 Å². The lowest BCUT2D eigenvalue weighted by Crippen LogP contribution is -2.30. The molecule has 156 valence electrons. The number of benzene rings is 3. The monoisotopic (exact) mass is 560 g/mol. The van der Waals surface area contributed by atoms with E-state index in [0.717, 1.165) is 10.5 Å². The third-order valence-electron chi connectivity index (χ3n) is 4.55. The number of hydrogen-bond acceptors (Lipinski definition) is 3. The minimum absolute atomic E-state index is 0.192. The summed E-state index contributed by atoms with van der Waals surface area (Å²) in [5.74, 6) is 0.192. The lowest BCUT2D eigenvalue weighted by molar-refractivity contribution is -0.113. The van der Waals surface area contributed by atoms with Crippen LogP contribution < -0.4 is 15.0 Å². The largest absolute Gasteiger partial charge is 0.486 e. The van der Waals surface area contributed by atoms with Crippen LogP contribution in [0.5, 0.6) is 5.75 Å². The fourth-order valence-corrected chi connectivity index (χ4v) is 4.72. The Balaban J connectivity index is 1.56. The van der Waals surface area contributed by atoms with Crippen molar-refractivity contribution in [2.75, 3.05) is 4.90 Å². The minimum atomic E-state index is -0.486. The van der Waals surface area contributed by atoms with Gasteiger partial charge in [-0.25, -0.2) is 9.69 Å². The fourth-order valence-electron chi connectivity index (χ4n) is 3.08. The van der Waals surface area contributed by atoms with Crippen LogP contribution in [0.2, 0.25) is 5.02 Å². The van der Waals surface area contributed by atoms with Crippen LogP contribution in [0, 0.1) is 0 Å². The van der Waals surface area contributed by atoms with Gasteiger partial charge in [-0.15, -0.1) is 0 Å². The Morgan fingerprint density at radius 3 is 2.29 bits per heavy atom. The minimum Gasteiger partial charge on any atom is -0.486 e. The summed E-state index contributed by atoms with van der Waals surface area (Å²) in [5, 5.41) is 3.26. The maximum absolute atomic E-state index is 12.8. The Morgan fingerprint density at radius 1 is 0.968 bits per heavy atom. The van der Waals surface area contributed by atoms with Crippen LogP contribution in [0.25, 0.3) is 6.08 Å². The van der Waals surface area contributed by atoms with E-state index in [1.165, 1.54) is 0 Å². The van der Waals surface area contributed by atoms with Crippen molar-refractivity contribution in [3.05, 3.63) is 97.5 Å². The molecule has 1 heterocycles. The normalized spacial score (nSPS) is 14.8. The highest BCUT2D eigenvalue weighted by atomic mass is 79.9. The lowest BCUT2D eigenvalue weighted by atomic mass is 10.1. The van der Waals surface area contributed by atoms with E-state index in [4.69, 9.17) is 16.3 Å². The molecule has 5 nitrogen and oxygen atoms in total. The van der Waals surface area contributed by atoms with Crippen LogP contribution in [-0.2, 0) is 11.4 Å². The van der Waals surface area contributed by atoms with Gasteiger partial charge in [-0.3, -0.25) is 4.79 Å². The van der Waals surface area contributed by atoms with E-state index in [9.17, 15) is 9.59 Å². The summed E-state index contributed by atoms with van der Waals surface area (Å²) in [6, 6.07) is 19.4. The van der Waals surface area contributed by atoms with E-state index < -0.39 is 11.9 Å². The average Bonchev–Trinajstić information content (AvgIpc) is 3.02. The second-order valence-corrected chi connectivity index (χ2v) is 8.77. The van der Waals surface area contributed by atoms with E-state index >= 15 is 0 Å². The SMILES string of the molecule is O=C1N/C(=C/c2cc(Br)c(OCc3ccccc3Cl)c(Br)c2)C(=O)N1c1ccccc1. The third-order valence-corrected chi connectivity index (χ3v) is 6.10. The average molecular weight is 563 g/mol. The highest BCUT2D eigenvalue weighted by molar-refractivity contribution is 9.11. The number of halogens is 3. The molecule has 0 spiro atoms. The number of urea groups is 1. The molecule has 0 aromatic heterocycles. The molecule has 1 fully saturated rings. The third kappa shape index (κ3) is 4.69. The first-order valence-corrected chi connectivity index (χ1v) is 11.2. The van der Waals surface area contributed by atoms with Crippen molar-refractivity contribution < 1.29 is 14.3 Å². The number of ether oxygens (including phenoxy) is 1. The first-order valence-electron chi connectivity index (χ1n) is 9.21. The summed E-state index contributed by atoms with van der Waals surface area (Å²) in [7, 11) is 0. The van der Waals surface area contributed by atoms with Crippen molar-refractivity contribution in [3.8, 4) is 5.75 Å². The quantitative estimate of drug-likeness (QED) is 0.284. The first-order chi connectivity index (χ1) is 14.9. The molecular weight excluding hydrogens is 548 g/mol. The summed E-state index contributed by atoms with van der Waals surface area (Å²) in [6.45, 7) is 0.303. The number of carbonyl (C=O) groups excluding carboxylic acids is 2. The molecule has 1 N–H and O–H groups in total. The van der Waals surface area contributed by atoms with Gasteiger partial charge in [0.25, 0.3) is 5.91 Å². The van der Waals surface area contributed by atoms with Gasteiger partial charge in [0.1, 0.15) is 18.1 Å². The highest BCUT2D eigenvalue weighted by Crippen LogP contribution is 2.36. The molecule has 0 atom stereocenters. The second-order valence-electron chi connectivity index (χ2n) is 6.66. The Morgan fingerprint density at radius 2 is 1.61 bits per heavy atom. The molecule has 0 radical (unpaired) electrons. The predicted octanol–water partition coefficient (Wildman–Crippen LogP) is 6.54. The van der Waals surface area contributed by atoms with Crippen LogP contribution >= 0.6 is 43.5 Å². The van der Waals surface area contributed by atoms with Crippen molar-refractivity contribution in [1.29, 1.82) is 0 Å². The van der Waals surface area contributed by atoms with Crippen LogP contribution in [-0.4, -0.2) is 11.9 Å². The maximum Gasteiger partial charge on any atom is 0.333 e. The molecule has 31 heavy (non-hydrogen) atoms. The highest BCUT2D eigenvalue weighted by Gasteiger charge is 2.34. The van der Waals surface area contributed by atoms with E-state index in [-0.39, 0.29) is 5.70 Å². The van der Waals surface area contributed by atoms with Crippen molar-refractivity contribution in [1.82, 2.24) is 5.32 Å². The van der Waals surface area contributed by atoms with Gasteiger partial charge in [0, 0.05) is 10.6 Å². The Kier molecular flexibility index (Phi) is 6.46. The van der Waals surface area contributed by atoms with Crippen LogP contribution in [0.3, 0.4) is 0 Å². The topological polar surface area (TPSA) is 58.6 Å². The molecule has 1 aliphatic heterocycles. The summed E-state index contributed by atoms with van der Waals surface area (Å²) in [6.07, 6.45) is 1.62. The van der Waals surface area contributed by atoms with Crippen molar-refractivity contribution in [2.24, 2.45) is 0 Å². The molecule has 4 rings (SSSR count).